The Hall–Kier alpha value is -1.44. The Bertz CT molecular complexity index is 415. The van der Waals surface area contributed by atoms with Crippen LogP contribution < -0.4 is 10.6 Å². The maximum absolute atomic E-state index is 11.6. The van der Waals surface area contributed by atoms with Crippen molar-refractivity contribution in [2.75, 3.05) is 19.8 Å². The highest BCUT2D eigenvalue weighted by atomic mass is 32.1. The van der Waals surface area contributed by atoms with Crippen LogP contribution in [0.25, 0.3) is 0 Å². The zero-order valence-corrected chi connectivity index (χ0v) is 11.5. The first-order valence-corrected chi connectivity index (χ1v) is 6.78. The molecule has 0 unspecified atom stereocenters. The van der Waals surface area contributed by atoms with Crippen molar-refractivity contribution in [2.24, 2.45) is 0 Å². The molecule has 6 nitrogen and oxygen atoms in total. The first-order valence-electron chi connectivity index (χ1n) is 5.84. The van der Waals surface area contributed by atoms with Gasteiger partial charge in [-0.05, 0) is 18.4 Å². The van der Waals surface area contributed by atoms with E-state index < -0.39 is 5.54 Å². The van der Waals surface area contributed by atoms with Crippen molar-refractivity contribution >= 4 is 23.2 Å². The van der Waals surface area contributed by atoms with E-state index in [1.807, 2.05) is 0 Å². The fourth-order valence-corrected chi connectivity index (χ4v) is 1.95. The van der Waals surface area contributed by atoms with Crippen LogP contribution in [0.2, 0.25) is 0 Å². The number of aliphatic hydroxyl groups is 2. The largest absolute Gasteiger partial charge is 0.394 e. The number of hydrogen-bond acceptors (Lipinski definition) is 5. The summed E-state index contributed by atoms with van der Waals surface area (Å²) in [4.78, 5) is 23.1. The second-order valence-corrected chi connectivity index (χ2v) is 5.22. The molecular formula is C12H18N2O4S. The predicted molar refractivity (Wildman–Crippen MR) is 72.0 cm³/mol. The summed E-state index contributed by atoms with van der Waals surface area (Å²) in [5.41, 5.74) is -0.463. The zero-order valence-electron chi connectivity index (χ0n) is 10.7. The molecule has 1 aromatic heterocycles. The van der Waals surface area contributed by atoms with Crippen LogP contribution in [0.3, 0.4) is 0 Å². The molecule has 0 atom stereocenters. The van der Waals surface area contributed by atoms with Crippen molar-refractivity contribution in [3.63, 3.8) is 0 Å². The third kappa shape index (κ3) is 4.98. The van der Waals surface area contributed by atoms with E-state index >= 15 is 0 Å². The van der Waals surface area contributed by atoms with Crippen molar-refractivity contribution < 1.29 is 19.8 Å². The quantitative estimate of drug-likeness (QED) is 0.554. The Morgan fingerprint density at radius 2 is 2.05 bits per heavy atom. The number of aliphatic hydroxyl groups excluding tert-OH is 2. The molecule has 2 amide bonds. The first kappa shape index (κ1) is 15.6. The number of nitrogens with one attached hydrogen (secondary N) is 2. The average Bonchev–Trinajstić information content (AvgIpc) is 2.92. The molecule has 0 fully saturated rings. The van der Waals surface area contributed by atoms with Crippen molar-refractivity contribution in [3.8, 4) is 0 Å². The van der Waals surface area contributed by atoms with Gasteiger partial charge in [-0.2, -0.15) is 11.3 Å². The molecule has 0 spiro atoms. The van der Waals surface area contributed by atoms with Gasteiger partial charge in [0.25, 0.3) is 5.91 Å². The summed E-state index contributed by atoms with van der Waals surface area (Å²) in [5, 5.41) is 26.7. The Balaban J connectivity index is 2.29. The zero-order chi connectivity index (χ0) is 14.3. The summed E-state index contributed by atoms with van der Waals surface area (Å²) in [7, 11) is 0. The van der Waals surface area contributed by atoms with Crippen LogP contribution in [0.1, 0.15) is 23.7 Å². The molecule has 0 aliphatic rings. The minimum Gasteiger partial charge on any atom is -0.394 e. The molecule has 0 radical (unpaired) electrons. The maximum atomic E-state index is 11.6. The number of carbonyl (C=O) groups excluding carboxylic acids is 2. The molecule has 19 heavy (non-hydrogen) atoms. The summed E-state index contributed by atoms with van der Waals surface area (Å²) in [6.07, 6.45) is 0.0888. The van der Waals surface area contributed by atoms with E-state index in [4.69, 9.17) is 10.2 Å². The van der Waals surface area contributed by atoms with Gasteiger partial charge >= 0.3 is 0 Å². The lowest BCUT2D eigenvalue weighted by molar-refractivity contribution is -0.123. The predicted octanol–water partition coefficient (Wildman–Crippen LogP) is -0.273. The number of amides is 2. The van der Waals surface area contributed by atoms with Crippen LogP contribution in [0, 0.1) is 0 Å². The van der Waals surface area contributed by atoms with E-state index in [-0.39, 0.29) is 38.0 Å². The average molecular weight is 286 g/mol. The van der Waals surface area contributed by atoms with Crippen molar-refractivity contribution in [3.05, 3.63) is 22.4 Å². The minimum absolute atomic E-state index is 0.0888. The molecule has 1 rings (SSSR count). The minimum atomic E-state index is -1.03. The Labute approximate surface area is 115 Å². The Kier molecular flexibility index (Phi) is 5.94. The summed E-state index contributed by atoms with van der Waals surface area (Å²) >= 11 is 1.43. The highest BCUT2D eigenvalue weighted by Gasteiger charge is 2.24. The van der Waals surface area contributed by atoms with Crippen LogP contribution in [0.5, 0.6) is 0 Å². The molecule has 0 saturated heterocycles. The number of thiophene rings is 1. The summed E-state index contributed by atoms with van der Waals surface area (Å²) < 4.78 is 0. The second kappa shape index (κ2) is 7.22. The van der Waals surface area contributed by atoms with Gasteiger partial charge in [-0.15, -0.1) is 0 Å². The highest BCUT2D eigenvalue weighted by molar-refractivity contribution is 7.08. The smallest absolute Gasteiger partial charge is 0.252 e. The normalized spacial score (nSPS) is 11.1. The van der Waals surface area contributed by atoms with E-state index in [9.17, 15) is 9.59 Å². The summed E-state index contributed by atoms with van der Waals surface area (Å²) in [5.74, 6) is -0.558. The highest BCUT2D eigenvalue weighted by Crippen LogP contribution is 2.05. The molecule has 0 aliphatic heterocycles. The summed E-state index contributed by atoms with van der Waals surface area (Å²) in [6, 6.07) is 1.70. The van der Waals surface area contributed by atoms with E-state index in [0.29, 0.717) is 5.56 Å². The van der Waals surface area contributed by atoms with E-state index in [1.165, 1.54) is 18.3 Å². The van der Waals surface area contributed by atoms with Crippen LogP contribution in [0.4, 0.5) is 0 Å². The maximum Gasteiger partial charge on any atom is 0.252 e. The third-order valence-corrected chi connectivity index (χ3v) is 3.24. The lowest BCUT2D eigenvalue weighted by Crippen LogP contribution is -2.52. The SMILES string of the molecule is CC(CO)(CO)NC(=O)CCNC(=O)c1ccsc1. The van der Waals surface area contributed by atoms with Gasteiger partial charge in [-0.25, -0.2) is 0 Å². The molecule has 7 heteroatoms. The van der Waals surface area contributed by atoms with Gasteiger partial charge in [-0.1, -0.05) is 0 Å². The van der Waals surface area contributed by atoms with Gasteiger partial charge in [0, 0.05) is 23.9 Å². The number of carbonyl (C=O) groups is 2. The lowest BCUT2D eigenvalue weighted by Gasteiger charge is -2.26. The van der Waals surface area contributed by atoms with Crippen LogP contribution in [-0.4, -0.2) is 47.3 Å². The van der Waals surface area contributed by atoms with Crippen molar-refractivity contribution in [2.45, 2.75) is 18.9 Å². The Morgan fingerprint density at radius 1 is 1.37 bits per heavy atom. The van der Waals surface area contributed by atoms with Crippen LogP contribution in [-0.2, 0) is 4.79 Å². The van der Waals surface area contributed by atoms with Crippen molar-refractivity contribution in [1.29, 1.82) is 0 Å². The third-order valence-electron chi connectivity index (χ3n) is 2.56. The fourth-order valence-electron chi connectivity index (χ4n) is 1.31. The van der Waals surface area contributed by atoms with Crippen molar-refractivity contribution in [1.82, 2.24) is 10.6 Å². The van der Waals surface area contributed by atoms with Crippen LogP contribution in [0.15, 0.2) is 16.8 Å². The molecule has 1 heterocycles. The van der Waals surface area contributed by atoms with Gasteiger partial charge in [-0.3, -0.25) is 9.59 Å². The second-order valence-electron chi connectivity index (χ2n) is 4.44. The fraction of sp³-hybridized carbons (Fsp3) is 0.500. The van der Waals surface area contributed by atoms with E-state index in [1.54, 1.807) is 16.8 Å². The number of rotatable bonds is 7. The van der Waals surface area contributed by atoms with Gasteiger partial charge < -0.3 is 20.8 Å². The topological polar surface area (TPSA) is 98.7 Å². The molecule has 0 bridgehead atoms. The first-order chi connectivity index (χ1) is 9.00. The van der Waals surface area contributed by atoms with Gasteiger partial charge in [0.15, 0.2) is 0 Å². The van der Waals surface area contributed by atoms with Gasteiger partial charge in [0.05, 0.1) is 18.8 Å². The molecule has 1 aromatic rings. The number of hydrogen-bond donors (Lipinski definition) is 4. The molecule has 0 aromatic carbocycles. The van der Waals surface area contributed by atoms with Gasteiger partial charge in [0.1, 0.15) is 0 Å². The molecular weight excluding hydrogens is 268 g/mol. The monoisotopic (exact) mass is 286 g/mol. The molecule has 0 aliphatic carbocycles. The Morgan fingerprint density at radius 3 is 2.58 bits per heavy atom. The molecule has 0 saturated carbocycles. The van der Waals surface area contributed by atoms with E-state index in [2.05, 4.69) is 10.6 Å². The summed E-state index contributed by atoms with van der Waals surface area (Å²) in [6.45, 7) is 1.04. The molecule has 4 N–H and O–H groups in total. The van der Waals surface area contributed by atoms with Crippen LogP contribution >= 0.6 is 11.3 Å². The lowest BCUT2D eigenvalue weighted by atomic mass is 10.1. The van der Waals surface area contributed by atoms with Gasteiger partial charge in [0.2, 0.25) is 5.91 Å². The standard InChI is InChI=1S/C12H18N2O4S/c1-12(7-15,8-16)14-10(17)2-4-13-11(18)9-3-5-19-6-9/h3,5-6,15-16H,2,4,7-8H2,1H3,(H,13,18)(H,14,17). The molecule has 106 valence electrons. The van der Waals surface area contributed by atoms with E-state index in [0.717, 1.165) is 0 Å².